The first-order valence-electron chi connectivity index (χ1n) is 7.56. The summed E-state index contributed by atoms with van der Waals surface area (Å²) in [7, 11) is 0. The van der Waals surface area contributed by atoms with Gasteiger partial charge in [0.2, 0.25) is 0 Å². The maximum Gasteiger partial charge on any atom is 0.326 e. The van der Waals surface area contributed by atoms with Gasteiger partial charge in [-0.3, -0.25) is 9.69 Å². The van der Waals surface area contributed by atoms with Crippen molar-refractivity contribution in [3.8, 4) is 0 Å². The quantitative estimate of drug-likeness (QED) is 0.869. The summed E-state index contributed by atoms with van der Waals surface area (Å²) in [5, 5.41) is 10.2. The second-order valence-corrected chi connectivity index (χ2v) is 6.64. The van der Waals surface area contributed by atoms with Gasteiger partial charge in [-0.2, -0.15) is 0 Å². The Balaban J connectivity index is 2.11. The van der Waals surface area contributed by atoms with Gasteiger partial charge >= 0.3 is 5.97 Å². The highest BCUT2D eigenvalue weighted by atomic mass is 16.6. The Morgan fingerprint density at radius 3 is 2.62 bits per heavy atom. The Labute approximate surface area is 126 Å². The van der Waals surface area contributed by atoms with E-state index in [0.717, 1.165) is 18.5 Å². The van der Waals surface area contributed by atoms with Crippen molar-refractivity contribution in [2.24, 2.45) is 0 Å². The molecule has 21 heavy (non-hydrogen) atoms. The lowest BCUT2D eigenvalue weighted by atomic mass is 9.97. The van der Waals surface area contributed by atoms with E-state index in [1.54, 1.807) is 0 Å². The highest BCUT2D eigenvalue weighted by Crippen LogP contribution is 2.23. The molecule has 1 aliphatic heterocycles. The summed E-state index contributed by atoms with van der Waals surface area (Å²) in [5.74, 6) is -0.328. The number of ether oxygens (including phenoxy) is 1. The van der Waals surface area contributed by atoms with Crippen LogP contribution in [0.25, 0.3) is 0 Å². The van der Waals surface area contributed by atoms with Crippen LogP contribution in [0, 0.1) is 0 Å². The molecule has 1 fully saturated rings. The summed E-state index contributed by atoms with van der Waals surface area (Å²) >= 11 is 0. The van der Waals surface area contributed by atoms with Gasteiger partial charge in [-0.15, -0.1) is 0 Å². The van der Waals surface area contributed by atoms with Crippen molar-refractivity contribution in [1.29, 1.82) is 0 Å². The minimum Gasteiger partial charge on any atom is -0.459 e. The smallest absolute Gasteiger partial charge is 0.326 e. The fraction of sp³-hybridized carbons (Fsp3) is 0.588. The number of hydrogen-bond donors (Lipinski definition) is 1. The third-order valence-corrected chi connectivity index (χ3v) is 3.58. The van der Waals surface area contributed by atoms with Crippen molar-refractivity contribution in [1.82, 2.24) is 4.90 Å². The zero-order chi connectivity index (χ0) is 15.5. The SMILES string of the molecule is CC(C)(C)OC(=O)C1C(O)CCCN1Cc1ccccc1. The predicted octanol–water partition coefficient (Wildman–Crippen LogP) is 2.35. The molecule has 2 unspecified atom stereocenters. The van der Waals surface area contributed by atoms with Crippen LogP contribution >= 0.6 is 0 Å². The van der Waals surface area contributed by atoms with Crippen molar-refractivity contribution in [2.75, 3.05) is 6.54 Å². The molecule has 0 bridgehead atoms. The van der Waals surface area contributed by atoms with E-state index in [4.69, 9.17) is 4.74 Å². The van der Waals surface area contributed by atoms with Gasteiger partial charge in [0.1, 0.15) is 11.6 Å². The van der Waals surface area contributed by atoms with Crippen LogP contribution in [0.3, 0.4) is 0 Å². The van der Waals surface area contributed by atoms with Gasteiger partial charge in [0.25, 0.3) is 0 Å². The van der Waals surface area contributed by atoms with Gasteiger partial charge in [-0.05, 0) is 45.7 Å². The number of likely N-dealkylation sites (tertiary alicyclic amines) is 1. The predicted molar refractivity (Wildman–Crippen MR) is 81.7 cm³/mol. The molecule has 0 aromatic heterocycles. The first-order valence-corrected chi connectivity index (χ1v) is 7.56. The van der Waals surface area contributed by atoms with E-state index in [1.165, 1.54) is 0 Å². The molecule has 0 spiro atoms. The second-order valence-electron chi connectivity index (χ2n) is 6.64. The van der Waals surface area contributed by atoms with Crippen molar-refractivity contribution in [2.45, 2.75) is 57.9 Å². The normalized spacial score (nSPS) is 23.8. The Kier molecular flexibility index (Phi) is 5.01. The maximum absolute atomic E-state index is 12.4. The molecular formula is C17H25NO3. The molecule has 2 rings (SSSR count). The standard InChI is InChI=1S/C17H25NO3/c1-17(2,3)21-16(20)15-14(19)10-7-11-18(15)12-13-8-5-4-6-9-13/h4-6,8-9,14-15,19H,7,10-12H2,1-3H3. The van der Waals surface area contributed by atoms with Crippen LogP contribution in [0.5, 0.6) is 0 Å². The van der Waals surface area contributed by atoms with Gasteiger partial charge in [0.05, 0.1) is 6.10 Å². The fourth-order valence-corrected chi connectivity index (χ4v) is 2.71. The topological polar surface area (TPSA) is 49.8 Å². The summed E-state index contributed by atoms with van der Waals surface area (Å²) in [5.41, 5.74) is 0.604. The largest absolute Gasteiger partial charge is 0.459 e. The average Bonchev–Trinajstić information content (AvgIpc) is 2.37. The van der Waals surface area contributed by atoms with Crippen LogP contribution in [0.1, 0.15) is 39.2 Å². The third kappa shape index (κ3) is 4.55. The highest BCUT2D eigenvalue weighted by molar-refractivity contribution is 5.77. The number of aliphatic hydroxyl groups is 1. The molecule has 1 N–H and O–H groups in total. The minimum atomic E-state index is -0.655. The van der Waals surface area contributed by atoms with Gasteiger partial charge in [0, 0.05) is 6.54 Å². The Hall–Kier alpha value is -1.39. The lowest BCUT2D eigenvalue weighted by Gasteiger charge is -2.38. The molecule has 1 heterocycles. The molecule has 0 aliphatic carbocycles. The number of esters is 1. The van der Waals surface area contributed by atoms with E-state index in [9.17, 15) is 9.90 Å². The molecule has 1 saturated heterocycles. The first-order chi connectivity index (χ1) is 9.87. The lowest BCUT2D eigenvalue weighted by molar-refractivity contribution is -0.168. The van der Waals surface area contributed by atoms with Crippen LogP contribution < -0.4 is 0 Å². The Morgan fingerprint density at radius 1 is 1.33 bits per heavy atom. The summed E-state index contributed by atoms with van der Waals surface area (Å²) in [4.78, 5) is 14.4. The van der Waals surface area contributed by atoms with Crippen LogP contribution in [-0.2, 0) is 16.1 Å². The molecule has 1 aromatic carbocycles. The summed E-state index contributed by atoms with van der Waals surface area (Å²) in [6.45, 7) is 7.00. The number of carbonyl (C=O) groups excluding carboxylic acids is 1. The van der Waals surface area contributed by atoms with Gasteiger partial charge in [-0.25, -0.2) is 0 Å². The van der Waals surface area contributed by atoms with Crippen LogP contribution in [0.15, 0.2) is 30.3 Å². The molecule has 0 radical (unpaired) electrons. The van der Waals surface area contributed by atoms with E-state index in [2.05, 4.69) is 0 Å². The van der Waals surface area contributed by atoms with Crippen molar-refractivity contribution in [3.05, 3.63) is 35.9 Å². The Morgan fingerprint density at radius 2 is 2.00 bits per heavy atom. The van der Waals surface area contributed by atoms with Crippen molar-refractivity contribution in [3.63, 3.8) is 0 Å². The summed E-state index contributed by atoms with van der Waals surface area (Å²) in [6.07, 6.45) is 0.889. The number of piperidine rings is 1. The van der Waals surface area contributed by atoms with Crippen molar-refractivity contribution >= 4 is 5.97 Å². The molecule has 1 aliphatic rings. The molecule has 116 valence electrons. The number of rotatable bonds is 3. The number of hydrogen-bond acceptors (Lipinski definition) is 4. The fourth-order valence-electron chi connectivity index (χ4n) is 2.71. The van der Waals surface area contributed by atoms with E-state index in [1.807, 2.05) is 56.0 Å². The van der Waals surface area contributed by atoms with Gasteiger partial charge in [0.15, 0.2) is 0 Å². The summed E-state index contributed by atoms with van der Waals surface area (Å²) in [6, 6.07) is 9.44. The van der Waals surface area contributed by atoms with E-state index in [-0.39, 0.29) is 5.97 Å². The molecule has 4 nitrogen and oxygen atoms in total. The monoisotopic (exact) mass is 291 g/mol. The Bertz CT molecular complexity index is 467. The number of carbonyl (C=O) groups is 1. The van der Waals surface area contributed by atoms with Gasteiger partial charge in [-0.1, -0.05) is 30.3 Å². The lowest BCUT2D eigenvalue weighted by Crippen LogP contribution is -2.54. The van der Waals surface area contributed by atoms with E-state index < -0.39 is 17.7 Å². The number of benzene rings is 1. The minimum absolute atomic E-state index is 0.328. The van der Waals surface area contributed by atoms with Crippen LogP contribution in [-0.4, -0.2) is 40.3 Å². The van der Waals surface area contributed by atoms with Gasteiger partial charge < -0.3 is 9.84 Å². The maximum atomic E-state index is 12.4. The molecule has 0 amide bonds. The molecule has 1 aromatic rings. The zero-order valence-electron chi connectivity index (χ0n) is 13.1. The molecule has 2 atom stereocenters. The summed E-state index contributed by atoms with van der Waals surface area (Å²) < 4.78 is 5.47. The average molecular weight is 291 g/mol. The van der Waals surface area contributed by atoms with E-state index in [0.29, 0.717) is 13.0 Å². The highest BCUT2D eigenvalue weighted by Gasteiger charge is 2.38. The molecular weight excluding hydrogens is 266 g/mol. The zero-order valence-corrected chi connectivity index (χ0v) is 13.1. The van der Waals surface area contributed by atoms with Crippen LogP contribution in [0.4, 0.5) is 0 Å². The first kappa shape index (κ1) is 16.0. The third-order valence-electron chi connectivity index (χ3n) is 3.58. The number of aliphatic hydroxyl groups excluding tert-OH is 1. The van der Waals surface area contributed by atoms with Crippen molar-refractivity contribution < 1.29 is 14.6 Å². The second kappa shape index (κ2) is 6.58. The molecule has 4 heteroatoms. The van der Waals surface area contributed by atoms with E-state index >= 15 is 0 Å². The van der Waals surface area contributed by atoms with Crippen LogP contribution in [0.2, 0.25) is 0 Å². The molecule has 0 saturated carbocycles. The number of nitrogens with zero attached hydrogens (tertiary/aromatic N) is 1.